The molecule has 0 saturated heterocycles. The van der Waals surface area contributed by atoms with Crippen LogP contribution in [-0.4, -0.2) is 0 Å². The van der Waals surface area contributed by atoms with Gasteiger partial charge in [-0.2, -0.15) is 0 Å². The average molecular weight is 727 g/mol. The highest BCUT2D eigenvalue weighted by Crippen LogP contribution is 2.56. The molecule has 1 heterocycles. The van der Waals surface area contributed by atoms with Gasteiger partial charge in [0.2, 0.25) is 0 Å². The number of benzene rings is 9. The Morgan fingerprint density at radius 1 is 0.351 bits per heavy atom. The standard InChI is InChI=1S/C56H38O/c1-4-17-38(18-5-1)40-21-14-22-41(35-40)42-23-15-24-43(36-42)54(39-19-6-2-7-20-39)49-30-16-29-48-50-37-45(33-34-53(50)57-55(48)49)56(44-25-8-3-9-26-44)51-31-12-10-27-46(51)47-28-11-13-32-52(47)56/h1-37,54H. The molecule has 9 aromatic carbocycles. The van der Waals surface area contributed by atoms with Gasteiger partial charge < -0.3 is 4.42 Å². The molecule has 268 valence electrons. The molecule has 0 spiro atoms. The highest BCUT2D eigenvalue weighted by Gasteiger charge is 2.46. The van der Waals surface area contributed by atoms with E-state index in [1.807, 2.05) is 0 Å². The largest absolute Gasteiger partial charge is 0.456 e. The predicted molar refractivity (Wildman–Crippen MR) is 236 cm³/mol. The Hall–Kier alpha value is -7.22. The average Bonchev–Trinajstić information content (AvgIpc) is 3.82. The van der Waals surface area contributed by atoms with E-state index in [0.29, 0.717) is 0 Å². The fourth-order valence-corrected chi connectivity index (χ4v) is 9.60. The lowest BCUT2D eigenvalue weighted by Gasteiger charge is -2.33. The number of furan rings is 1. The van der Waals surface area contributed by atoms with Crippen molar-refractivity contribution in [1.29, 1.82) is 0 Å². The van der Waals surface area contributed by atoms with Crippen LogP contribution in [0, 0.1) is 0 Å². The Morgan fingerprint density at radius 2 is 0.895 bits per heavy atom. The quantitative estimate of drug-likeness (QED) is 0.149. The minimum absolute atomic E-state index is 0.0450. The van der Waals surface area contributed by atoms with E-state index in [4.69, 9.17) is 4.42 Å². The molecule has 0 radical (unpaired) electrons. The summed E-state index contributed by atoms with van der Waals surface area (Å²) < 4.78 is 6.98. The highest BCUT2D eigenvalue weighted by atomic mass is 16.3. The summed E-state index contributed by atoms with van der Waals surface area (Å²) in [5, 5.41) is 2.25. The third-order valence-electron chi connectivity index (χ3n) is 12.1. The van der Waals surface area contributed by atoms with Gasteiger partial charge in [0.1, 0.15) is 11.2 Å². The van der Waals surface area contributed by atoms with E-state index in [2.05, 4.69) is 224 Å². The number of hydrogen-bond donors (Lipinski definition) is 0. The minimum atomic E-state index is -0.478. The third kappa shape index (κ3) is 5.31. The molecule has 10 aromatic rings. The fourth-order valence-electron chi connectivity index (χ4n) is 9.60. The topological polar surface area (TPSA) is 13.1 Å². The molecule has 1 heteroatoms. The SMILES string of the molecule is c1ccc(-c2cccc(-c3cccc(C(c4ccccc4)c4cccc5c4oc4ccc(C6(c7ccccc7)c7ccccc7-c7ccccc76)cc45)c3)c2)cc1. The molecule has 0 bridgehead atoms. The molecule has 0 fully saturated rings. The molecule has 1 unspecified atom stereocenters. The third-order valence-corrected chi connectivity index (χ3v) is 12.1. The highest BCUT2D eigenvalue weighted by molar-refractivity contribution is 6.07. The summed E-state index contributed by atoms with van der Waals surface area (Å²) in [6.07, 6.45) is 0. The zero-order valence-electron chi connectivity index (χ0n) is 31.3. The van der Waals surface area contributed by atoms with Crippen LogP contribution in [0.15, 0.2) is 229 Å². The van der Waals surface area contributed by atoms with Crippen LogP contribution in [0.3, 0.4) is 0 Å². The van der Waals surface area contributed by atoms with Crippen LogP contribution < -0.4 is 0 Å². The second-order valence-corrected chi connectivity index (χ2v) is 15.2. The zero-order valence-corrected chi connectivity index (χ0v) is 31.3. The van der Waals surface area contributed by atoms with Crippen LogP contribution in [0.1, 0.15) is 44.9 Å². The molecule has 1 aliphatic rings. The fraction of sp³-hybridized carbons (Fsp3) is 0.0357. The Kier molecular flexibility index (Phi) is 7.86. The van der Waals surface area contributed by atoms with Gasteiger partial charge in [-0.25, -0.2) is 0 Å². The van der Waals surface area contributed by atoms with Gasteiger partial charge in [0.05, 0.1) is 5.41 Å². The minimum Gasteiger partial charge on any atom is -0.456 e. The number of para-hydroxylation sites is 1. The van der Waals surface area contributed by atoms with E-state index in [0.717, 1.165) is 27.5 Å². The molecule has 1 atom stereocenters. The Bertz CT molecular complexity index is 3020. The van der Waals surface area contributed by atoms with Crippen LogP contribution in [0.4, 0.5) is 0 Å². The maximum absolute atomic E-state index is 6.98. The van der Waals surface area contributed by atoms with Gasteiger partial charge in [-0.05, 0) is 85.0 Å². The van der Waals surface area contributed by atoms with E-state index in [1.54, 1.807) is 0 Å². The van der Waals surface area contributed by atoms with Crippen molar-refractivity contribution in [1.82, 2.24) is 0 Å². The van der Waals surface area contributed by atoms with Crippen molar-refractivity contribution in [2.24, 2.45) is 0 Å². The smallest absolute Gasteiger partial charge is 0.139 e. The molecule has 11 rings (SSSR count). The first kappa shape index (κ1) is 33.1. The number of hydrogen-bond acceptors (Lipinski definition) is 1. The van der Waals surface area contributed by atoms with Gasteiger partial charge in [-0.3, -0.25) is 0 Å². The van der Waals surface area contributed by atoms with Gasteiger partial charge >= 0.3 is 0 Å². The van der Waals surface area contributed by atoms with Gasteiger partial charge in [-0.15, -0.1) is 0 Å². The van der Waals surface area contributed by atoms with Crippen molar-refractivity contribution in [3.63, 3.8) is 0 Å². The van der Waals surface area contributed by atoms with Crippen LogP contribution in [0.5, 0.6) is 0 Å². The molecule has 0 amide bonds. The number of fused-ring (bicyclic) bond motifs is 6. The summed E-state index contributed by atoms with van der Waals surface area (Å²) in [7, 11) is 0. The lowest BCUT2D eigenvalue weighted by Crippen LogP contribution is -2.28. The molecule has 0 N–H and O–H groups in total. The normalized spacial score (nSPS) is 13.3. The summed E-state index contributed by atoms with van der Waals surface area (Å²) in [6, 6.07) is 81.8. The summed E-state index contributed by atoms with van der Waals surface area (Å²) in [6.45, 7) is 0. The summed E-state index contributed by atoms with van der Waals surface area (Å²) in [5.74, 6) is -0.0450. The van der Waals surface area contributed by atoms with Gasteiger partial charge in [0, 0.05) is 22.3 Å². The Labute approximate surface area is 333 Å². The summed E-state index contributed by atoms with van der Waals surface area (Å²) in [4.78, 5) is 0. The Morgan fingerprint density at radius 3 is 1.61 bits per heavy atom. The van der Waals surface area contributed by atoms with E-state index < -0.39 is 5.41 Å². The molecular formula is C56H38O. The molecule has 1 aromatic heterocycles. The zero-order chi connectivity index (χ0) is 37.8. The van der Waals surface area contributed by atoms with E-state index in [-0.39, 0.29) is 5.92 Å². The second-order valence-electron chi connectivity index (χ2n) is 15.2. The predicted octanol–water partition coefficient (Wildman–Crippen LogP) is 14.5. The molecule has 57 heavy (non-hydrogen) atoms. The van der Waals surface area contributed by atoms with Crippen molar-refractivity contribution in [2.45, 2.75) is 11.3 Å². The first-order valence-corrected chi connectivity index (χ1v) is 19.8. The van der Waals surface area contributed by atoms with Crippen molar-refractivity contribution in [3.8, 4) is 33.4 Å². The lowest BCUT2D eigenvalue weighted by atomic mass is 9.67. The molecular weight excluding hydrogens is 689 g/mol. The molecule has 0 aliphatic heterocycles. The first-order valence-electron chi connectivity index (χ1n) is 19.8. The van der Waals surface area contributed by atoms with E-state index >= 15 is 0 Å². The lowest BCUT2D eigenvalue weighted by molar-refractivity contribution is 0.660. The van der Waals surface area contributed by atoms with Crippen LogP contribution in [-0.2, 0) is 5.41 Å². The van der Waals surface area contributed by atoms with Crippen molar-refractivity contribution >= 4 is 21.9 Å². The Balaban J connectivity index is 1.09. The van der Waals surface area contributed by atoms with Gasteiger partial charge in [0.15, 0.2) is 0 Å². The van der Waals surface area contributed by atoms with E-state index in [9.17, 15) is 0 Å². The molecule has 1 nitrogen and oxygen atoms in total. The van der Waals surface area contributed by atoms with Crippen LogP contribution >= 0.6 is 0 Å². The van der Waals surface area contributed by atoms with Gasteiger partial charge in [-0.1, -0.05) is 206 Å². The van der Waals surface area contributed by atoms with Gasteiger partial charge in [0.25, 0.3) is 0 Å². The van der Waals surface area contributed by atoms with Crippen molar-refractivity contribution < 1.29 is 4.42 Å². The van der Waals surface area contributed by atoms with Crippen molar-refractivity contribution in [2.75, 3.05) is 0 Å². The van der Waals surface area contributed by atoms with E-state index in [1.165, 1.54) is 66.8 Å². The molecule has 0 saturated carbocycles. The maximum Gasteiger partial charge on any atom is 0.139 e. The molecule has 1 aliphatic carbocycles. The summed E-state index contributed by atoms with van der Waals surface area (Å²) >= 11 is 0. The van der Waals surface area contributed by atoms with Crippen LogP contribution in [0.2, 0.25) is 0 Å². The summed E-state index contributed by atoms with van der Waals surface area (Å²) in [5.41, 5.74) is 17.4. The second kappa shape index (κ2) is 13.5. The van der Waals surface area contributed by atoms with Crippen LogP contribution in [0.25, 0.3) is 55.3 Å². The number of rotatable bonds is 7. The maximum atomic E-state index is 6.98. The monoisotopic (exact) mass is 726 g/mol. The first-order chi connectivity index (χ1) is 28.3. The van der Waals surface area contributed by atoms with Crippen molar-refractivity contribution in [3.05, 3.63) is 263 Å².